The van der Waals surface area contributed by atoms with Crippen LogP contribution in [0.3, 0.4) is 0 Å². The van der Waals surface area contributed by atoms with Crippen LogP contribution >= 0.6 is 11.8 Å². The van der Waals surface area contributed by atoms with E-state index in [2.05, 4.69) is 10.3 Å². The molecule has 1 atom stereocenters. The highest BCUT2D eigenvalue weighted by atomic mass is 32.2. The topological polar surface area (TPSA) is 78.8 Å². The van der Waals surface area contributed by atoms with E-state index in [1.165, 1.54) is 18.7 Å². The van der Waals surface area contributed by atoms with Crippen molar-refractivity contribution in [1.82, 2.24) is 4.90 Å². The lowest BCUT2D eigenvalue weighted by atomic mass is 10.1. The Morgan fingerprint density at radius 1 is 1.25 bits per heavy atom. The van der Waals surface area contributed by atoms with Crippen molar-refractivity contribution in [2.45, 2.75) is 32.4 Å². The predicted octanol–water partition coefficient (Wildman–Crippen LogP) is 2.56. The summed E-state index contributed by atoms with van der Waals surface area (Å²) in [7, 11) is 0. The molecule has 0 aliphatic carbocycles. The first kappa shape index (κ1) is 18.2. The first-order valence-corrected chi connectivity index (χ1v) is 8.77. The number of nitrogens with one attached hydrogen (secondary N) is 1. The fourth-order valence-electron chi connectivity index (χ4n) is 2.36. The van der Waals surface area contributed by atoms with Gasteiger partial charge in [-0.05, 0) is 45.0 Å². The summed E-state index contributed by atoms with van der Waals surface area (Å²) in [5.74, 6) is -0.328. The zero-order valence-electron chi connectivity index (χ0n) is 14.0. The van der Waals surface area contributed by atoms with Crippen LogP contribution in [-0.2, 0) is 9.59 Å². The molecule has 1 heterocycles. The first-order chi connectivity index (χ1) is 11.5. The third-order valence-electron chi connectivity index (χ3n) is 3.58. The number of carbonyl (C=O) groups excluding carboxylic acids is 3. The van der Waals surface area contributed by atoms with Gasteiger partial charge in [0, 0.05) is 30.8 Å². The van der Waals surface area contributed by atoms with Gasteiger partial charge in [-0.2, -0.15) is 0 Å². The number of carbonyl (C=O) groups is 3. The second-order valence-corrected chi connectivity index (χ2v) is 6.50. The van der Waals surface area contributed by atoms with Gasteiger partial charge in [0.2, 0.25) is 11.8 Å². The van der Waals surface area contributed by atoms with E-state index in [0.29, 0.717) is 29.5 Å². The molecule has 0 saturated carbocycles. The van der Waals surface area contributed by atoms with Gasteiger partial charge in [-0.25, -0.2) is 0 Å². The largest absolute Gasteiger partial charge is 0.326 e. The maximum absolute atomic E-state index is 12.3. The Hall–Kier alpha value is -2.15. The molecular weight excluding hydrogens is 326 g/mol. The number of hydrogen-bond donors (Lipinski definition) is 1. The molecule has 6 nitrogen and oxygen atoms in total. The van der Waals surface area contributed by atoms with Crippen LogP contribution in [0.4, 0.5) is 5.69 Å². The molecule has 1 unspecified atom stereocenters. The summed E-state index contributed by atoms with van der Waals surface area (Å²) in [6.07, 6.45) is 0.0944. The molecule has 1 N–H and O–H groups in total. The number of amides is 2. The van der Waals surface area contributed by atoms with E-state index in [1.807, 2.05) is 13.8 Å². The van der Waals surface area contributed by atoms with Crippen LogP contribution in [0.1, 0.15) is 37.6 Å². The number of rotatable bonds is 6. The molecule has 2 amide bonds. The van der Waals surface area contributed by atoms with Crippen LogP contribution in [0.5, 0.6) is 0 Å². The zero-order chi connectivity index (χ0) is 17.7. The standard InChI is InChI=1S/C17H21N3O3S/c1-4-18-17-20(5-2)16(23)14(24-17)10-15(22)19-13-8-6-12(7-9-13)11(3)21/h6-9,14H,4-5,10H2,1-3H3,(H,19,22). The van der Waals surface area contributed by atoms with Crippen molar-refractivity contribution in [1.29, 1.82) is 0 Å². The van der Waals surface area contributed by atoms with Crippen molar-refractivity contribution in [3.05, 3.63) is 29.8 Å². The highest BCUT2D eigenvalue weighted by Crippen LogP contribution is 2.29. The zero-order valence-corrected chi connectivity index (χ0v) is 14.9. The van der Waals surface area contributed by atoms with Crippen LogP contribution in [0.25, 0.3) is 0 Å². The van der Waals surface area contributed by atoms with Crippen molar-refractivity contribution in [2.75, 3.05) is 18.4 Å². The Bertz CT molecular complexity index is 670. The second kappa shape index (κ2) is 8.10. The predicted molar refractivity (Wildman–Crippen MR) is 96.4 cm³/mol. The van der Waals surface area contributed by atoms with E-state index >= 15 is 0 Å². The van der Waals surface area contributed by atoms with Crippen LogP contribution in [0.2, 0.25) is 0 Å². The molecule has 1 aliphatic heterocycles. The van der Waals surface area contributed by atoms with Crippen molar-refractivity contribution in [2.24, 2.45) is 4.99 Å². The van der Waals surface area contributed by atoms with Gasteiger partial charge in [-0.1, -0.05) is 11.8 Å². The lowest BCUT2D eigenvalue weighted by Gasteiger charge is -2.13. The van der Waals surface area contributed by atoms with Crippen LogP contribution in [-0.4, -0.2) is 46.0 Å². The number of benzene rings is 1. The van der Waals surface area contributed by atoms with Gasteiger partial charge < -0.3 is 5.32 Å². The minimum absolute atomic E-state index is 0.0248. The Kier molecular flexibility index (Phi) is 6.14. The average Bonchev–Trinajstić information content (AvgIpc) is 2.83. The molecule has 0 aromatic heterocycles. The van der Waals surface area contributed by atoms with Gasteiger partial charge >= 0.3 is 0 Å². The highest BCUT2D eigenvalue weighted by Gasteiger charge is 2.37. The van der Waals surface area contributed by atoms with Crippen molar-refractivity contribution < 1.29 is 14.4 Å². The maximum Gasteiger partial charge on any atom is 0.242 e. The molecule has 1 aliphatic rings. The molecule has 0 radical (unpaired) electrons. The highest BCUT2D eigenvalue weighted by molar-refractivity contribution is 8.15. The lowest BCUT2D eigenvalue weighted by Crippen LogP contribution is -2.33. The number of nitrogens with zero attached hydrogens (tertiary/aromatic N) is 2. The quantitative estimate of drug-likeness (QED) is 0.802. The molecule has 128 valence electrons. The van der Waals surface area contributed by atoms with E-state index < -0.39 is 5.25 Å². The monoisotopic (exact) mass is 347 g/mol. The van der Waals surface area contributed by atoms with Crippen LogP contribution < -0.4 is 5.32 Å². The minimum Gasteiger partial charge on any atom is -0.326 e. The number of thioether (sulfide) groups is 1. The molecule has 1 aromatic rings. The van der Waals surface area contributed by atoms with Gasteiger partial charge in [0.05, 0.1) is 0 Å². The number of aliphatic imine (C=N–C) groups is 1. The summed E-state index contributed by atoms with van der Waals surface area (Å²) in [5, 5.41) is 3.01. The second-order valence-electron chi connectivity index (χ2n) is 5.33. The number of amidine groups is 1. The molecule has 7 heteroatoms. The molecule has 1 fully saturated rings. The van der Waals surface area contributed by atoms with Gasteiger partial charge in [-0.15, -0.1) is 0 Å². The molecule has 0 bridgehead atoms. The van der Waals surface area contributed by atoms with E-state index in [4.69, 9.17) is 0 Å². The number of ketones is 1. The summed E-state index contributed by atoms with van der Waals surface area (Å²) in [5.41, 5.74) is 1.20. The average molecular weight is 347 g/mol. The molecular formula is C17H21N3O3S. The van der Waals surface area contributed by atoms with Gasteiger partial charge in [0.25, 0.3) is 0 Å². The fraction of sp³-hybridized carbons (Fsp3) is 0.412. The summed E-state index contributed by atoms with van der Waals surface area (Å²) < 4.78 is 0. The van der Waals surface area contributed by atoms with Crippen molar-refractivity contribution in [3.8, 4) is 0 Å². The van der Waals surface area contributed by atoms with E-state index in [1.54, 1.807) is 29.2 Å². The van der Waals surface area contributed by atoms with Crippen molar-refractivity contribution in [3.63, 3.8) is 0 Å². The molecule has 2 rings (SSSR count). The summed E-state index contributed by atoms with van der Waals surface area (Å²) in [6, 6.07) is 6.69. The van der Waals surface area contributed by atoms with Crippen LogP contribution in [0, 0.1) is 0 Å². The lowest BCUT2D eigenvalue weighted by molar-refractivity contribution is -0.128. The van der Waals surface area contributed by atoms with E-state index in [0.717, 1.165) is 0 Å². The van der Waals surface area contributed by atoms with E-state index in [9.17, 15) is 14.4 Å². The summed E-state index contributed by atoms with van der Waals surface area (Å²) in [4.78, 5) is 41.7. The molecule has 1 aromatic carbocycles. The third kappa shape index (κ3) is 4.23. The Morgan fingerprint density at radius 3 is 2.46 bits per heavy atom. The Labute approximate surface area is 145 Å². The van der Waals surface area contributed by atoms with Gasteiger partial charge in [-0.3, -0.25) is 24.3 Å². The normalized spacial score (nSPS) is 19.0. The van der Waals surface area contributed by atoms with Crippen molar-refractivity contribution >= 4 is 40.2 Å². The number of Topliss-reactive ketones (excluding diaryl/α,β-unsaturated/α-hetero) is 1. The maximum atomic E-state index is 12.3. The minimum atomic E-state index is -0.438. The number of anilines is 1. The number of hydrogen-bond acceptors (Lipinski definition) is 5. The van der Waals surface area contributed by atoms with E-state index in [-0.39, 0.29) is 24.0 Å². The SMILES string of the molecule is CCN=C1SC(CC(=O)Nc2ccc(C(C)=O)cc2)C(=O)N1CC. The Morgan fingerprint density at radius 2 is 1.92 bits per heavy atom. The van der Waals surface area contributed by atoms with Gasteiger partial charge in [0.1, 0.15) is 5.25 Å². The Balaban J connectivity index is 1.98. The molecule has 1 saturated heterocycles. The first-order valence-electron chi connectivity index (χ1n) is 7.89. The fourth-order valence-corrected chi connectivity index (χ4v) is 3.62. The smallest absolute Gasteiger partial charge is 0.242 e. The summed E-state index contributed by atoms with van der Waals surface area (Å²) >= 11 is 1.34. The van der Waals surface area contributed by atoms with Crippen LogP contribution in [0.15, 0.2) is 29.3 Å². The molecule has 0 spiro atoms. The summed E-state index contributed by atoms with van der Waals surface area (Å²) in [6.45, 7) is 6.45. The molecule has 24 heavy (non-hydrogen) atoms. The van der Waals surface area contributed by atoms with Gasteiger partial charge in [0.15, 0.2) is 11.0 Å². The third-order valence-corrected chi connectivity index (χ3v) is 4.79.